The molecule has 6 heterocycles. The molecular formula is C54H60ClN11O6. The third-order valence-electron chi connectivity index (χ3n) is 15.0. The number of fused-ring (bicyclic) bond motifs is 2. The van der Waals surface area contributed by atoms with E-state index in [0.29, 0.717) is 73.9 Å². The number of phenols is 2. The molecule has 0 saturated carbocycles. The molecule has 0 radical (unpaired) electrons. The third kappa shape index (κ3) is 9.52. The van der Waals surface area contributed by atoms with Crippen LogP contribution in [0.1, 0.15) is 81.2 Å². The zero-order chi connectivity index (χ0) is 50.2. The third-order valence-corrected chi connectivity index (χ3v) is 15.3. The van der Waals surface area contributed by atoms with Crippen LogP contribution in [-0.4, -0.2) is 126 Å². The van der Waals surface area contributed by atoms with Crippen molar-refractivity contribution in [1.29, 1.82) is 5.26 Å². The Hall–Kier alpha value is -7.16. The van der Waals surface area contributed by atoms with Crippen LogP contribution in [0.25, 0.3) is 27.8 Å². The van der Waals surface area contributed by atoms with Gasteiger partial charge in [0.15, 0.2) is 5.82 Å². The first-order chi connectivity index (χ1) is 34.9. The average molecular weight is 995 g/mol. The Bertz CT molecular complexity index is 3100. The number of aromatic hydroxyl groups is 2. The van der Waals surface area contributed by atoms with Crippen LogP contribution in [0.4, 0.5) is 11.5 Å². The molecule has 2 amide bonds. The molecule has 2 atom stereocenters. The van der Waals surface area contributed by atoms with Gasteiger partial charge in [-0.2, -0.15) is 20.3 Å². The number of nitrogens with one attached hydrogen (secondary N) is 1. The van der Waals surface area contributed by atoms with Gasteiger partial charge >= 0.3 is 11.7 Å². The fourth-order valence-corrected chi connectivity index (χ4v) is 11.2. The van der Waals surface area contributed by atoms with Crippen LogP contribution in [0.5, 0.6) is 17.5 Å². The number of halogens is 1. The maximum Gasteiger partial charge on any atom is 0.348 e. The molecule has 4 aromatic carbocycles. The van der Waals surface area contributed by atoms with Gasteiger partial charge in [0, 0.05) is 74.3 Å². The highest BCUT2D eigenvalue weighted by Gasteiger charge is 2.39. The number of H-pyrrole nitrogens is 1. The normalized spacial score (nSPS) is 18.6. The summed E-state index contributed by atoms with van der Waals surface area (Å²) >= 11 is 6.80. The predicted octanol–water partition coefficient (Wildman–Crippen LogP) is 7.15. The lowest BCUT2D eigenvalue weighted by Gasteiger charge is -2.44. The van der Waals surface area contributed by atoms with Gasteiger partial charge in [-0.3, -0.25) is 14.5 Å². The van der Waals surface area contributed by atoms with Gasteiger partial charge in [0.2, 0.25) is 11.8 Å². The summed E-state index contributed by atoms with van der Waals surface area (Å²) in [4.78, 5) is 60.7. The molecule has 17 nitrogen and oxygen atoms in total. The van der Waals surface area contributed by atoms with Gasteiger partial charge < -0.3 is 34.5 Å². The first-order valence-electron chi connectivity index (χ1n) is 25.1. The molecule has 72 heavy (non-hydrogen) atoms. The van der Waals surface area contributed by atoms with E-state index in [1.54, 1.807) is 6.07 Å². The number of carbonyl (C=O) groups is 2. The number of likely N-dealkylation sites (tertiary alicyclic amines) is 2. The Kier molecular flexibility index (Phi) is 13.8. The molecule has 0 bridgehead atoms. The minimum atomic E-state index is -0.449. The summed E-state index contributed by atoms with van der Waals surface area (Å²) in [5.41, 5.74) is 5.09. The molecule has 3 saturated heterocycles. The number of piperazine rings is 1. The molecule has 0 unspecified atom stereocenters. The number of benzene rings is 4. The lowest BCUT2D eigenvalue weighted by Crippen LogP contribution is -2.56. The molecule has 3 N–H and O–H groups in total. The molecule has 6 aromatic rings. The van der Waals surface area contributed by atoms with E-state index in [4.69, 9.17) is 26.3 Å². The van der Waals surface area contributed by atoms with Crippen molar-refractivity contribution in [3.05, 3.63) is 111 Å². The van der Waals surface area contributed by atoms with Crippen LogP contribution in [0.2, 0.25) is 5.02 Å². The SMILES string of the molecule is CCC(=O)N1CCN(c2nc(OC[C@@H]3CCN3C(=O)C3CCN(Cc4ccc(-n5c(-c6cc(C(C)C)c(O)cc6O)n[nH]c5=O)cc4)CC3)nc3c2CCN(c2cccc4cccc(Cl)c24)C3)C[C@@H]1CC#N. The summed E-state index contributed by atoms with van der Waals surface area (Å²) in [7, 11) is 0. The summed E-state index contributed by atoms with van der Waals surface area (Å²) < 4.78 is 7.89. The van der Waals surface area contributed by atoms with Gasteiger partial charge in [-0.25, -0.2) is 14.5 Å². The number of carbonyl (C=O) groups excluding carboxylic acids is 2. The minimum absolute atomic E-state index is 0.0156. The molecule has 2 aromatic heterocycles. The second-order valence-corrected chi connectivity index (χ2v) is 20.1. The molecule has 4 aliphatic rings. The maximum absolute atomic E-state index is 14.1. The number of aromatic nitrogens is 5. The summed E-state index contributed by atoms with van der Waals surface area (Å²) in [5, 5.41) is 40.3. The van der Waals surface area contributed by atoms with Crippen LogP contribution < -0.4 is 20.2 Å². The molecule has 18 heteroatoms. The van der Waals surface area contributed by atoms with E-state index in [1.165, 1.54) is 10.6 Å². The second-order valence-electron chi connectivity index (χ2n) is 19.7. The lowest BCUT2D eigenvalue weighted by atomic mass is 9.92. The highest BCUT2D eigenvalue weighted by Crippen LogP contribution is 2.39. The van der Waals surface area contributed by atoms with Crippen molar-refractivity contribution >= 4 is 45.7 Å². The van der Waals surface area contributed by atoms with Crippen molar-refractivity contribution in [3.8, 4) is 40.7 Å². The number of aromatic amines is 1. The van der Waals surface area contributed by atoms with E-state index in [9.17, 15) is 29.9 Å². The number of hydrogen-bond acceptors (Lipinski definition) is 13. The molecule has 4 aliphatic heterocycles. The Morgan fingerprint density at radius 2 is 1.68 bits per heavy atom. The van der Waals surface area contributed by atoms with Gasteiger partial charge in [-0.15, -0.1) is 0 Å². The van der Waals surface area contributed by atoms with Gasteiger partial charge in [0.1, 0.15) is 23.9 Å². The fraction of sp³-hybridized carbons (Fsp3) is 0.426. The number of rotatable bonds is 13. The smallest absolute Gasteiger partial charge is 0.348 e. The number of amides is 2. The first-order valence-corrected chi connectivity index (χ1v) is 25.5. The molecule has 0 spiro atoms. The largest absolute Gasteiger partial charge is 0.508 e. The van der Waals surface area contributed by atoms with Gasteiger partial charge in [-0.05, 0) is 91.5 Å². The molecular weight excluding hydrogens is 934 g/mol. The van der Waals surface area contributed by atoms with Crippen LogP contribution in [0.3, 0.4) is 0 Å². The fourth-order valence-electron chi connectivity index (χ4n) is 10.9. The van der Waals surface area contributed by atoms with Crippen molar-refractivity contribution in [2.24, 2.45) is 5.92 Å². The van der Waals surface area contributed by atoms with Crippen LogP contribution in [0.15, 0.2) is 77.6 Å². The van der Waals surface area contributed by atoms with E-state index in [0.717, 1.165) is 78.0 Å². The summed E-state index contributed by atoms with van der Waals surface area (Å²) in [6.45, 7) is 11.7. The lowest BCUT2D eigenvalue weighted by molar-refractivity contribution is -0.146. The summed E-state index contributed by atoms with van der Waals surface area (Å²) in [6.07, 6.45) is 3.59. The Morgan fingerprint density at radius 3 is 2.40 bits per heavy atom. The monoisotopic (exact) mass is 993 g/mol. The van der Waals surface area contributed by atoms with E-state index in [-0.39, 0.29) is 72.1 Å². The topological polar surface area (TPSA) is 200 Å². The number of anilines is 2. The molecule has 10 rings (SSSR count). The van der Waals surface area contributed by atoms with E-state index < -0.39 is 5.69 Å². The standard InChI is InChI=1S/C54H60ClN11O6/c1-4-48(69)64-26-25-63(30-38(64)15-20-56)50-40-19-23-62(45-10-6-8-35-7-5-9-43(55)49(35)45)31-44(40)57-53(58-50)72-32-39-18-24-65(39)52(70)36-16-21-61(22-17-36)29-34-11-13-37(14-12-34)66-51(59-60-54(66)71)42-27-41(33(2)3)46(67)28-47(42)68/h5-14,27-28,33,36,38-39,67-68H,4,15-19,21-26,29-32H2,1-3H3,(H,60,71)/t38-,39-/m0/s1. The second kappa shape index (κ2) is 20.5. The van der Waals surface area contributed by atoms with Crippen molar-refractivity contribution in [3.63, 3.8) is 0 Å². The number of ether oxygens (including phenoxy) is 1. The van der Waals surface area contributed by atoms with Crippen molar-refractivity contribution in [1.82, 2.24) is 39.4 Å². The highest BCUT2D eigenvalue weighted by atomic mass is 35.5. The van der Waals surface area contributed by atoms with Gasteiger partial charge in [0.05, 0.1) is 53.1 Å². The van der Waals surface area contributed by atoms with Gasteiger partial charge in [0.25, 0.3) is 0 Å². The molecule has 3 fully saturated rings. The van der Waals surface area contributed by atoms with Crippen LogP contribution in [-0.2, 0) is 29.1 Å². The maximum atomic E-state index is 14.1. The van der Waals surface area contributed by atoms with Crippen molar-refractivity contribution < 1.29 is 24.5 Å². The number of hydrogen-bond donors (Lipinski definition) is 3. The Labute approximate surface area is 423 Å². The number of nitriles is 1. The predicted molar refractivity (Wildman–Crippen MR) is 275 cm³/mol. The molecule has 0 aliphatic carbocycles. The zero-order valence-corrected chi connectivity index (χ0v) is 41.7. The van der Waals surface area contributed by atoms with E-state index in [2.05, 4.69) is 49.2 Å². The number of nitrogens with zero attached hydrogens (tertiary/aromatic N) is 10. The Balaban J connectivity index is 0.792. The molecule has 374 valence electrons. The zero-order valence-electron chi connectivity index (χ0n) is 40.9. The number of piperidine rings is 1. The van der Waals surface area contributed by atoms with E-state index in [1.807, 2.05) is 73.0 Å². The van der Waals surface area contributed by atoms with E-state index >= 15 is 0 Å². The Morgan fingerprint density at radius 1 is 0.903 bits per heavy atom. The summed E-state index contributed by atoms with van der Waals surface area (Å²) in [5.74, 6) is 0.903. The highest BCUT2D eigenvalue weighted by molar-refractivity contribution is 6.36. The average Bonchev–Trinajstić information content (AvgIpc) is 3.76. The van der Waals surface area contributed by atoms with Crippen molar-refractivity contribution in [2.75, 3.05) is 62.2 Å². The summed E-state index contributed by atoms with van der Waals surface area (Å²) in [6, 6.07) is 25.0. The van der Waals surface area contributed by atoms with Gasteiger partial charge in [-0.1, -0.05) is 68.8 Å². The quantitative estimate of drug-likeness (QED) is 0.105. The van der Waals surface area contributed by atoms with Crippen molar-refractivity contribution in [2.45, 2.75) is 90.4 Å². The van der Waals surface area contributed by atoms with Crippen LogP contribution in [0, 0.1) is 17.2 Å². The minimum Gasteiger partial charge on any atom is -0.508 e. The van der Waals surface area contributed by atoms with Crippen LogP contribution >= 0.6 is 11.6 Å². The first kappa shape index (κ1) is 48.5. The number of phenolic OH excluding ortho intramolecular Hbond substituents is 2.